The number of non-ortho nitro benzene ring substituents is 1. The van der Waals surface area contributed by atoms with Crippen molar-refractivity contribution < 1.29 is 27.3 Å². The minimum absolute atomic E-state index is 0.0925. The monoisotopic (exact) mass is 570 g/mol. The summed E-state index contributed by atoms with van der Waals surface area (Å²) in [5, 5.41) is 14.2. The van der Waals surface area contributed by atoms with E-state index in [1.54, 1.807) is 6.07 Å². The van der Waals surface area contributed by atoms with Crippen LogP contribution in [0.1, 0.15) is 26.3 Å². The van der Waals surface area contributed by atoms with Gasteiger partial charge in [0.05, 0.1) is 15.5 Å². The van der Waals surface area contributed by atoms with E-state index in [9.17, 15) is 32.5 Å². The maximum atomic E-state index is 13.8. The Kier molecular flexibility index (Phi) is 9.94. The van der Waals surface area contributed by atoms with E-state index in [-0.39, 0.29) is 28.7 Å². The molecule has 1 atom stereocenters. The number of nitro benzene ring substituents is 1. The lowest BCUT2D eigenvalue weighted by Crippen LogP contribution is -2.51. The molecule has 3 aromatic carbocycles. The Hall–Kier alpha value is -4.32. The van der Waals surface area contributed by atoms with Crippen molar-refractivity contribution in [1.82, 2.24) is 10.2 Å². The minimum atomic E-state index is -4.36. The number of nitrogens with one attached hydrogen (secondary N) is 1. The zero-order chi connectivity index (χ0) is 29.4. The van der Waals surface area contributed by atoms with Gasteiger partial charge in [0.25, 0.3) is 15.7 Å². The summed E-state index contributed by atoms with van der Waals surface area (Å²) in [5.74, 6) is -1.51. The van der Waals surface area contributed by atoms with Crippen LogP contribution >= 0.6 is 0 Å². The molecule has 0 saturated carbocycles. The Morgan fingerprint density at radius 3 is 2.23 bits per heavy atom. The van der Waals surface area contributed by atoms with Crippen molar-refractivity contribution >= 4 is 33.2 Å². The molecule has 212 valence electrons. The standard InChI is InChI=1S/C28H31FN4O6S/c1-20(2)17-30-28(35)21(3)31(18-22-12-14-23(29)15-13-22)27(34)19-32(24-8-7-9-25(16-24)33(36)37)40(38,39)26-10-5-4-6-11-26/h4-16,20-21H,17-19H2,1-3H3,(H,30,35)/t21-/m1/s1. The average Bonchev–Trinajstić information content (AvgIpc) is 2.94. The Labute approximate surface area is 232 Å². The topological polar surface area (TPSA) is 130 Å². The van der Waals surface area contributed by atoms with Crippen molar-refractivity contribution in [2.45, 2.75) is 38.3 Å². The van der Waals surface area contributed by atoms with Crippen LogP contribution in [-0.2, 0) is 26.2 Å². The molecule has 40 heavy (non-hydrogen) atoms. The molecule has 3 rings (SSSR count). The Bertz CT molecular complexity index is 1450. The number of hydrogen-bond acceptors (Lipinski definition) is 6. The Morgan fingerprint density at radius 2 is 1.62 bits per heavy atom. The second-order valence-corrected chi connectivity index (χ2v) is 11.4. The molecule has 0 spiro atoms. The third kappa shape index (κ3) is 7.63. The summed E-state index contributed by atoms with van der Waals surface area (Å²) < 4.78 is 41.7. The maximum Gasteiger partial charge on any atom is 0.271 e. The number of sulfonamides is 1. The second-order valence-electron chi connectivity index (χ2n) is 9.56. The summed E-state index contributed by atoms with van der Waals surface area (Å²) in [5.41, 5.74) is 0.0685. The van der Waals surface area contributed by atoms with Gasteiger partial charge >= 0.3 is 0 Å². The lowest BCUT2D eigenvalue weighted by Gasteiger charge is -2.32. The zero-order valence-electron chi connectivity index (χ0n) is 22.4. The van der Waals surface area contributed by atoms with Crippen LogP contribution in [0.15, 0.2) is 83.8 Å². The SMILES string of the molecule is CC(C)CNC(=O)[C@@H](C)N(Cc1ccc(F)cc1)C(=O)CN(c1cccc([N+](=O)[O-])c1)S(=O)(=O)c1ccccc1. The van der Waals surface area contributed by atoms with Gasteiger partial charge < -0.3 is 10.2 Å². The first-order valence-corrected chi connectivity index (χ1v) is 14.0. The number of benzene rings is 3. The molecular formula is C28H31FN4O6S. The van der Waals surface area contributed by atoms with Crippen molar-refractivity contribution in [3.8, 4) is 0 Å². The number of nitrogens with zero attached hydrogens (tertiary/aromatic N) is 3. The largest absolute Gasteiger partial charge is 0.354 e. The molecule has 0 aromatic heterocycles. The van der Waals surface area contributed by atoms with Crippen LogP contribution in [0.25, 0.3) is 0 Å². The summed E-state index contributed by atoms with van der Waals surface area (Å²) in [4.78, 5) is 38.6. The van der Waals surface area contributed by atoms with Gasteiger partial charge in [-0.1, -0.05) is 50.2 Å². The summed E-state index contributed by atoms with van der Waals surface area (Å²) in [6, 6.07) is 16.7. The molecule has 0 unspecified atom stereocenters. The second kappa shape index (κ2) is 13.2. The van der Waals surface area contributed by atoms with Gasteiger partial charge in [-0.2, -0.15) is 0 Å². The van der Waals surface area contributed by atoms with Gasteiger partial charge in [-0.15, -0.1) is 0 Å². The van der Waals surface area contributed by atoms with E-state index in [0.29, 0.717) is 12.1 Å². The molecule has 1 N–H and O–H groups in total. The van der Waals surface area contributed by atoms with Crippen LogP contribution in [-0.4, -0.2) is 49.2 Å². The first-order valence-electron chi connectivity index (χ1n) is 12.5. The van der Waals surface area contributed by atoms with E-state index in [1.165, 1.54) is 78.6 Å². The van der Waals surface area contributed by atoms with E-state index < -0.39 is 45.2 Å². The minimum Gasteiger partial charge on any atom is -0.354 e. The van der Waals surface area contributed by atoms with E-state index in [2.05, 4.69) is 5.32 Å². The molecular weight excluding hydrogens is 539 g/mol. The zero-order valence-corrected chi connectivity index (χ0v) is 23.2. The number of anilines is 1. The number of nitro groups is 1. The lowest BCUT2D eigenvalue weighted by molar-refractivity contribution is -0.384. The van der Waals surface area contributed by atoms with Crippen LogP contribution < -0.4 is 9.62 Å². The summed E-state index contributed by atoms with van der Waals surface area (Å²) in [7, 11) is -4.36. The highest BCUT2D eigenvalue weighted by molar-refractivity contribution is 7.92. The average molecular weight is 571 g/mol. The third-order valence-corrected chi connectivity index (χ3v) is 7.84. The molecule has 0 bridgehead atoms. The van der Waals surface area contributed by atoms with E-state index >= 15 is 0 Å². The van der Waals surface area contributed by atoms with Crippen LogP contribution in [0, 0.1) is 21.8 Å². The van der Waals surface area contributed by atoms with Gasteiger partial charge in [-0.25, -0.2) is 12.8 Å². The van der Waals surface area contributed by atoms with Gasteiger partial charge in [0, 0.05) is 25.2 Å². The first-order chi connectivity index (χ1) is 18.9. The number of amides is 2. The Morgan fingerprint density at radius 1 is 0.975 bits per heavy atom. The van der Waals surface area contributed by atoms with Crippen molar-refractivity contribution in [1.29, 1.82) is 0 Å². The van der Waals surface area contributed by atoms with Crippen LogP contribution in [0.4, 0.5) is 15.8 Å². The number of halogens is 1. The van der Waals surface area contributed by atoms with Gasteiger partial charge in [-0.3, -0.25) is 24.0 Å². The molecule has 12 heteroatoms. The van der Waals surface area contributed by atoms with E-state index in [0.717, 1.165) is 10.4 Å². The van der Waals surface area contributed by atoms with Crippen molar-refractivity contribution in [2.75, 3.05) is 17.4 Å². The van der Waals surface area contributed by atoms with E-state index in [4.69, 9.17) is 0 Å². The fourth-order valence-corrected chi connectivity index (χ4v) is 5.26. The molecule has 0 aliphatic carbocycles. The van der Waals surface area contributed by atoms with Gasteiger partial charge in [0.15, 0.2) is 0 Å². The van der Waals surface area contributed by atoms with Gasteiger partial charge in [-0.05, 0) is 48.7 Å². The predicted molar refractivity (Wildman–Crippen MR) is 148 cm³/mol. The molecule has 0 radical (unpaired) electrons. The predicted octanol–water partition coefficient (Wildman–Crippen LogP) is 4.12. The van der Waals surface area contributed by atoms with Crippen LogP contribution in [0.2, 0.25) is 0 Å². The highest BCUT2D eigenvalue weighted by Crippen LogP contribution is 2.27. The number of carbonyl (C=O) groups excluding carboxylic acids is 2. The normalized spacial score (nSPS) is 12.0. The highest BCUT2D eigenvalue weighted by atomic mass is 32.2. The summed E-state index contributed by atoms with van der Waals surface area (Å²) in [6.07, 6.45) is 0. The molecule has 2 amide bonds. The summed E-state index contributed by atoms with van der Waals surface area (Å²) >= 11 is 0. The van der Waals surface area contributed by atoms with E-state index in [1.807, 2.05) is 13.8 Å². The van der Waals surface area contributed by atoms with Gasteiger partial charge in [0.1, 0.15) is 18.4 Å². The fourth-order valence-electron chi connectivity index (χ4n) is 3.83. The fraction of sp³-hybridized carbons (Fsp3) is 0.286. The van der Waals surface area contributed by atoms with Crippen molar-refractivity contribution in [2.24, 2.45) is 5.92 Å². The summed E-state index contributed by atoms with van der Waals surface area (Å²) in [6.45, 7) is 4.85. The molecule has 0 aliphatic rings. The lowest BCUT2D eigenvalue weighted by atomic mass is 10.1. The maximum absolute atomic E-state index is 13.8. The highest BCUT2D eigenvalue weighted by Gasteiger charge is 2.33. The quantitative estimate of drug-likeness (QED) is 0.258. The number of hydrogen-bond donors (Lipinski definition) is 1. The third-order valence-electron chi connectivity index (χ3n) is 6.06. The molecule has 3 aromatic rings. The first kappa shape index (κ1) is 30.2. The van der Waals surface area contributed by atoms with Crippen molar-refractivity contribution in [3.05, 3.63) is 100 Å². The number of carbonyl (C=O) groups is 2. The van der Waals surface area contributed by atoms with Crippen molar-refractivity contribution in [3.63, 3.8) is 0 Å². The molecule has 0 saturated heterocycles. The molecule has 0 fully saturated rings. The smallest absolute Gasteiger partial charge is 0.271 e. The Balaban J connectivity index is 2.04. The van der Waals surface area contributed by atoms with Crippen LogP contribution in [0.5, 0.6) is 0 Å². The van der Waals surface area contributed by atoms with Crippen LogP contribution in [0.3, 0.4) is 0 Å². The molecule has 0 heterocycles. The van der Waals surface area contributed by atoms with Gasteiger partial charge in [0.2, 0.25) is 11.8 Å². The molecule has 0 aliphatic heterocycles. The molecule has 10 nitrogen and oxygen atoms in total. The number of rotatable bonds is 12.